The monoisotopic (exact) mass is 718 g/mol. The molecule has 4 aromatic rings. The Balaban J connectivity index is 1.11. The number of rotatable bonds is 8. The van der Waals surface area contributed by atoms with E-state index in [0.717, 1.165) is 4.68 Å². The Bertz CT molecular complexity index is 2070. The summed E-state index contributed by atoms with van der Waals surface area (Å²) < 4.78 is 20.3. The number of methoxy groups -OCH3 is 1. The lowest BCUT2D eigenvalue weighted by Gasteiger charge is -2.38. The molecule has 3 aliphatic heterocycles. The number of carbonyl (C=O) groups is 4. The molecule has 0 unspecified atom stereocenters. The number of benzene rings is 2. The van der Waals surface area contributed by atoms with Gasteiger partial charge in [-0.2, -0.15) is 0 Å². The van der Waals surface area contributed by atoms with E-state index in [9.17, 15) is 23.6 Å². The first-order valence-electron chi connectivity index (χ1n) is 15.4. The number of esters is 1. The van der Waals surface area contributed by atoms with E-state index in [2.05, 4.69) is 20.3 Å². The van der Waals surface area contributed by atoms with Crippen molar-refractivity contribution in [2.75, 3.05) is 44.7 Å². The molecular weight excluding hydrogens is 691 g/mol. The zero-order valence-electron chi connectivity index (χ0n) is 26.3. The molecule has 0 bridgehead atoms. The molecule has 2 amide bonds. The number of halogens is 2. The summed E-state index contributed by atoms with van der Waals surface area (Å²) in [6, 6.07) is 9.65. The van der Waals surface area contributed by atoms with Crippen molar-refractivity contribution in [1.29, 1.82) is 0 Å². The summed E-state index contributed by atoms with van der Waals surface area (Å²) in [5.41, 5.74) is 1.47. The normalized spacial score (nSPS) is 19.3. The first-order valence-corrected chi connectivity index (χ1v) is 16.6. The van der Waals surface area contributed by atoms with E-state index < -0.39 is 29.7 Å². The lowest BCUT2D eigenvalue weighted by molar-refractivity contribution is -0.136. The summed E-state index contributed by atoms with van der Waals surface area (Å²) in [4.78, 5) is 65.6. The van der Waals surface area contributed by atoms with E-state index >= 15 is 0 Å². The van der Waals surface area contributed by atoms with Crippen LogP contribution in [0.1, 0.15) is 37.3 Å². The number of hydrogen-bond donors (Lipinski definition) is 2. The zero-order chi connectivity index (χ0) is 35.1. The minimum Gasteiger partial charge on any atom is -0.478 e. The fourth-order valence-corrected chi connectivity index (χ4v) is 7.12. The van der Waals surface area contributed by atoms with Crippen molar-refractivity contribution in [3.8, 4) is 0 Å². The van der Waals surface area contributed by atoms with Crippen molar-refractivity contribution in [2.45, 2.75) is 12.1 Å². The number of amidine groups is 1. The van der Waals surface area contributed by atoms with E-state index in [1.807, 2.05) is 0 Å². The number of aromatic nitrogens is 3. The average Bonchev–Trinajstić information content (AvgIpc) is 3.89. The number of aliphatic imine (C=N–C) groups is 1. The summed E-state index contributed by atoms with van der Waals surface area (Å²) in [5.74, 6) is -1.99. The molecule has 2 saturated heterocycles. The van der Waals surface area contributed by atoms with Crippen LogP contribution in [-0.4, -0.2) is 105 Å². The van der Waals surface area contributed by atoms with Crippen molar-refractivity contribution < 1.29 is 33.4 Å². The Kier molecular flexibility index (Phi) is 8.90. The molecule has 5 heterocycles. The molecule has 2 fully saturated rings. The highest BCUT2D eigenvalue weighted by molar-refractivity contribution is 7.11. The number of anilines is 1. The summed E-state index contributed by atoms with van der Waals surface area (Å²) in [6.07, 6.45) is 3.10. The molecule has 2 aromatic carbocycles. The number of amides is 2. The van der Waals surface area contributed by atoms with Crippen LogP contribution in [0.3, 0.4) is 0 Å². The molecule has 2 aromatic heterocycles. The molecule has 14 nitrogen and oxygen atoms in total. The highest BCUT2D eigenvalue weighted by Gasteiger charge is 2.43. The SMILES string of the molecule is COC(=O)C1=C(CN2CCN3C(=O)N(c4ccn(C(=O)c5ccc(C(=O)O)cc5)n4)C[C@@H]3C2)NC(c2nccs2)=N[C@H]1c1ccc(F)cc1Cl. The largest absolute Gasteiger partial charge is 0.478 e. The van der Waals surface area contributed by atoms with Crippen LogP contribution < -0.4 is 10.2 Å². The van der Waals surface area contributed by atoms with Gasteiger partial charge in [0.25, 0.3) is 5.91 Å². The van der Waals surface area contributed by atoms with E-state index in [0.29, 0.717) is 54.1 Å². The van der Waals surface area contributed by atoms with Gasteiger partial charge in [0.05, 0.1) is 30.8 Å². The summed E-state index contributed by atoms with van der Waals surface area (Å²) in [6.45, 7) is 1.93. The number of piperazine rings is 1. The topological polar surface area (TPSA) is 163 Å². The Morgan fingerprint density at radius 1 is 1.10 bits per heavy atom. The number of carbonyl (C=O) groups excluding carboxylic acids is 3. The number of ether oxygens (including phenoxy) is 1. The number of carboxylic acid groups (broad SMARTS) is 1. The quantitative estimate of drug-likeness (QED) is 0.257. The summed E-state index contributed by atoms with van der Waals surface area (Å²) >= 11 is 7.84. The predicted molar refractivity (Wildman–Crippen MR) is 180 cm³/mol. The Labute approximate surface area is 293 Å². The number of carboxylic acids is 1. The van der Waals surface area contributed by atoms with E-state index in [1.165, 1.54) is 72.0 Å². The minimum atomic E-state index is -1.10. The number of fused-ring (bicyclic) bond motifs is 1. The second-order valence-corrected chi connectivity index (χ2v) is 13.0. The van der Waals surface area contributed by atoms with E-state index in [-0.39, 0.29) is 40.3 Å². The van der Waals surface area contributed by atoms with Gasteiger partial charge >= 0.3 is 18.0 Å². The minimum absolute atomic E-state index is 0.0540. The highest BCUT2D eigenvalue weighted by atomic mass is 35.5. The molecular formula is C33H28ClFN8O6S. The first kappa shape index (κ1) is 33.1. The average molecular weight is 719 g/mol. The van der Waals surface area contributed by atoms with Gasteiger partial charge in [-0.05, 0) is 36.4 Å². The van der Waals surface area contributed by atoms with E-state index in [4.69, 9.17) is 26.4 Å². The van der Waals surface area contributed by atoms with Gasteiger partial charge in [-0.3, -0.25) is 19.6 Å². The molecule has 256 valence electrons. The molecule has 50 heavy (non-hydrogen) atoms. The number of nitrogens with zero attached hydrogens (tertiary/aromatic N) is 7. The van der Waals surface area contributed by atoms with Crippen LogP contribution in [-0.2, 0) is 9.53 Å². The molecule has 0 radical (unpaired) electrons. The maximum atomic E-state index is 14.0. The molecule has 7 rings (SSSR count). The third kappa shape index (κ3) is 6.23. The lowest BCUT2D eigenvalue weighted by atomic mass is 9.95. The number of urea groups is 1. The van der Waals surface area contributed by atoms with Crippen molar-refractivity contribution in [2.24, 2.45) is 4.99 Å². The maximum absolute atomic E-state index is 14.0. The van der Waals surface area contributed by atoms with Crippen molar-refractivity contribution in [3.63, 3.8) is 0 Å². The standard InChI is InChI=1S/C33H28ClFN8O6S/c1-49-32(47)26-24(37-28(29-36-9-13-50-29)38-27(26)22-7-6-20(35)14-23(22)34)17-40-11-12-41-21(15-40)16-42(33(41)48)25-8-10-43(39-25)30(44)18-2-4-19(5-3-18)31(45)46/h2-10,13-14,21,27H,11-12,15-17H2,1H3,(H,37,38)(H,45,46)/t21-,27-/m0/s1. The highest BCUT2D eigenvalue weighted by Crippen LogP contribution is 2.37. The summed E-state index contributed by atoms with van der Waals surface area (Å²) in [7, 11) is 1.28. The number of hydrogen-bond acceptors (Lipinski definition) is 11. The molecule has 0 saturated carbocycles. The smallest absolute Gasteiger partial charge is 0.338 e. The first-order chi connectivity index (χ1) is 24.1. The van der Waals surface area contributed by atoms with Crippen LogP contribution >= 0.6 is 22.9 Å². The second-order valence-electron chi connectivity index (χ2n) is 11.7. The Hall–Kier alpha value is -5.45. The van der Waals surface area contributed by atoms with Crippen molar-refractivity contribution in [1.82, 2.24) is 29.9 Å². The molecule has 3 aliphatic rings. The lowest BCUT2D eigenvalue weighted by Crippen LogP contribution is -2.53. The third-order valence-corrected chi connectivity index (χ3v) is 9.79. The van der Waals surface area contributed by atoms with Gasteiger partial charge in [-0.25, -0.2) is 28.4 Å². The van der Waals surface area contributed by atoms with Crippen LogP contribution in [0.4, 0.5) is 15.0 Å². The zero-order valence-corrected chi connectivity index (χ0v) is 27.9. The van der Waals surface area contributed by atoms with Gasteiger partial charge in [0.1, 0.15) is 11.9 Å². The Morgan fingerprint density at radius 3 is 2.58 bits per heavy atom. The van der Waals surface area contributed by atoms with Gasteiger partial charge in [-0.15, -0.1) is 16.4 Å². The van der Waals surface area contributed by atoms with Crippen LogP contribution in [0.5, 0.6) is 0 Å². The van der Waals surface area contributed by atoms with Gasteiger partial charge in [0, 0.05) is 71.9 Å². The van der Waals surface area contributed by atoms with E-state index in [1.54, 1.807) is 22.5 Å². The molecule has 17 heteroatoms. The fourth-order valence-electron chi connectivity index (χ4n) is 6.26. The van der Waals surface area contributed by atoms with Crippen molar-refractivity contribution in [3.05, 3.63) is 110 Å². The number of aromatic carboxylic acids is 1. The predicted octanol–water partition coefficient (Wildman–Crippen LogP) is 3.66. The molecule has 0 spiro atoms. The maximum Gasteiger partial charge on any atom is 0.338 e. The molecule has 2 N–H and O–H groups in total. The second kappa shape index (κ2) is 13.5. The van der Waals surface area contributed by atoms with Crippen LogP contribution in [0.2, 0.25) is 5.02 Å². The van der Waals surface area contributed by atoms with Gasteiger partial charge in [-0.1, -0.05) is 17.7 Å². The van der Waals surface area contributed by atoms with Crippen LogP contribution in [0, 0.1) is 5.82 Å². The molecule has 2 atom stereocenters. The molecule has 0 aliphatic carbocycles. The summed E-state index contributed by atoms with van der Waals surface area (Å²) in [5, 5.41) is 19.3. The van der Waals surface area contributed by atoms with Gasteiger partial charge in [0.2, 0.25) is 0 Å². The number of nitrogens with one attached hydrogen (secondary N) is 1. The van der Waals surface area contributed by atoms with Crippen LogP contribution in [0.15, 0.2) is 82.6 Å². The number of thiazole rings is 1. The van der Waals surface area contributed by atoms with Gasteiger partial charge < -0.3 is 20.1 Å². The van der Waals surface area contributed by atoms with Gasteiger partial charge in [0.15, 0.2) is 16.7 Å². The van der Waals surface area contributed by atoms with Crippen molar-refractivity contribution >= 4 is 58.5 Å². The Morgan fingerprint density at radius 2 is 1.88 bits per heavy atom. The fraction of sp³-hybridized carbons (Fsp3) is 0.242. The third-order valence-electron chi connectivity index (χ3n) is 8.68. The van der Waals surface area contributed by atoms with Crippen LogP contribution in [0.25, 0.3) is 0 Å².